The van der Waals surface area contributed by atoms with Crippen molar-refractivity contribution in [3.63, 3.8) is 0 Å². The molecule has 0 bridgehead atoms. The highest BCUT2D eigenvalue weighted by Gasteiger charge is 2.03. The Morgan fingerprint density at radius 1 is 1.54 bits per heavy atom. The highest BCUT2D eigenvalue weighted by Crippen LogP contribution is 2.08. The van der Waals surface area contributed by atoms with Crippen LogP contribution in [0.5, 0.6) is 5.88 Å². The van der Waals surface area contributed by atoms with Crippen LogP contribution in [-0.2, 0) is 6.42 Å². The standard InChI is InChI=1S/C10H16N2O/c1-3-8(11)7-9-5-4-6-10(12-9)13-2/h4-6,8H,3,7,11H2,1-2H3. The van der Waals surface area contributed by atoms with E-state index in [4.69, 9.17) is 10.5 Å². The van der Waals surface area contributed by atoms with E-state index in [0.29, 0.717) is 5.88 Å². The third kappa shape index (κ3) is 3.03. The van der Waals surface area contributed by atoms with Crippen LogP contribution in [0.3, 0.4) is 0 Å². The van der Waals surface area contributed by atoms with Crippen molar-refractivity contribution < 1.29 is 4.74 Å². The van der Waals surface area contributed by atoms with Crippen LogP contribution < -0.4 is 10.5 Å². The van der Waals surface area contributed by atoms with Crippen LogP contribution in [0.2, 0.25) is 0 Å². The highest BCUT2D eigenvalue weighted by atomic mass is 16.5. The lowest BCUT2D eigenvalue weighted by molar-refractivity contribution is 0.395. The van der Waals surface area contributed by atoms with Gasteiger partial charge in [-0.15, -0.1) is 0 Å². The summed E-state index contributed by atoms with van der Waals surface area (Å²) in [5, 5.41) is 0. The van der Waals surface area contributed by atoms with Crippen molar-refractivity contribution >= 4 is 0 Å². The molecule has 3 nitrogen and oxygen atoms in total. The van der Waals surface area contributed by atoms with E-state index < -0.39 is 0 Å². The molecule has 1 unspecified atom stereocenters. The first-order valence-electron chi connectivity index (χ1n) is 4.51. The maximum atomic E-state index is 5.82. The van der Waals surface area contributed by atoms with Crippen LogP contribution in [0.15, 0.2) is 18.2 Å². The van der Waals surface area contributed by atoms with Gasteiger partial charge >= 0.3 is 0 Å². The van der Waals surface area contributed by atoms with Crippen LogP contribution in [0.1, 0.15) is 19.0 Å². The summed E-state index contributed by atoms with van der Waals surface area (Å²) in [5.41, 5.74) is 6.81. The van der Waals surface area contributed by atoms with E-state index in [9.17, 15) is 0 Å². The fraction of sp³-hybridized carbons (Fsp3) is 0.500. The van der Waals surface area contributed by atoms with E-state index in [1.807, 2.05) is 18.2 Å². The number of pyridine rings is 1. The third-order valence-electron chi connectivity index (χ3n) is 1.99. The molecule has 0 spiro atoms. The van der Waals surface area contributed by atoms with Crippen molar-refractivity contribution in [1.29, 1.82) is 0 Å². The maximum absolute atomic E-state index is 5.82. The Balaban J connectivity index is 2.66. The smallest absolute Gasteiger partial charge is 0.213 e. The third-order valence-corrected chi connectivity index (χ3v) is 1.99. The normalized spacial score (nSPS) is 12.5. The quantitative estimate of drug-likeness (QED) is 0.761. The van der Waals surface area contributed by atoms with E-state index in [0.717, 1.165) is 18.5 Å². The van der Waals surface area contributed by atoms with Crippen LogP contribution in [0.4, 0.5) is 0 Å². The summed E-state index contributed by atoms with van der Waals surface area (Å²) < 4.78 is 5.02. The molecule has 0 aliphatic carbocycles. The molecule has 0 radical (unpaired) electrons. The second-order valence-electron chi connectivity index (χ2n) is 3.04. The maximum Gasteiger partial charge on any atom is 0.213 e. The van der Waals surface area contributed by atoms with Gasteiger partial charge in [0.05, 0.1) is 7.11 Å². The van der Waals surface area contributed by atoms with Crippen molar-refractivity contribution in [2.24, 2.45) is 5.73 Å². The SMILES string of the molecule is CCC(N)Cc1cccc(OC)n1. The summed E-state index contributed by atoms with van der Waals surface area (Å²) in [7, 11) is 1.62. The Labute approximate surface area is 78.9 Å². The Morgan fingerprint density at radius 2 is 2.31 bits per heavy atom. The fourth-order valence-corrected chi connectivity index (χ4v) is 1.10. The van der Waals surface area contributed by atoms with Gasteiger partial charge in [-0.3, -0.25) is 0 Å². The second kappa shape index (κ2) is 4.82. The molecule has 0 saturated heterocycles. The van der Waals surface area contributed by atoms with E-state index in [1.54, 1.807) is 7.11 Å². The first-order chi connectivity index (χ1) is 6.26. The molecule has 1 aromatic rings. The summed E-state index contributed by atoms with van der Waals surface area (Å²) in [6, 6.07) is 5.93. The molecule has 1 aromatic heterocycles. The van der Waals surface area contributed by atoms with Gasteiger partial charge < -0.3 is 10.5 Å². The number of rotatable bonds is 4. The van der Waals surface area contributed by atoms with Gasteiger partial charge in [0.15, 0.2) is 0 Å². The number of aromatic nitrogens is 1. The number of ether oxygens (including phenoxy) is 1. The molecule has 1 atom stereocenters. The van der Waals surface area contributed by atoms with Gasteiger partial charge in [0.25, 0.3) is 0 Å². The van der Waals surface area contributed by atoms with E-state index >= 15 is 0 Å². The molecule has 2 N–H and O–H groups in total. The van der Waals surface area contributed by atoms with E-state index in [-0.39, 0.29) is 6.04 Å². The van der Waals surface area contributed by atoms with E-state index in [2.05, 4.69) is 11.9 Å². The van der Waals surface area contributed by atoms with Gasteiger partial charge in [0.2, 0.25) is 5.88 Å². The predicted octanol–water partition coefficient (Wildman–Crippen LogP) is 1.37. The van der Waals surface area contributed by atoms with Crippen LogP contribution in [0, 0.1) is 0 Å². The number of hydrogen-bond donors (Lipinski definition) is 1. The number of methoxy groups -OCH3 is 1. The largest absolute Gasteiger partial charge is 0.481 e. The Hall–Kier alpha value is -1.09. The van der Waals surface area contributed by atoms with E-state index in [1.165, 1.54) is 0 Å². The summed E-state index contributed by atoms with van der Waals surface area (Å²) in [4.78, 5) is 4.28. The van der Waals surface area contributed by atoms with Gasteiger partial charge in [-0.25, -0.2) is 4.98 Å². The van der Waals surface area contributed by atoms with Gasteiger partial charge in [-0.1, -0.05) is 13.0 Å². The van der Waals surface area contributed by atoms with Crippen LogP contribution >= 0.6 is 0 Å². The fourth-order valence-electron chi connectivity index (χ4n) is 1.10. The highest BCUT2D eigenvalue weighted by molar-refractivity contribution is 5.16. The average molecular weight is 180 g/mol. The molecular weight excluding hydrogens is 164 g/mol. The van der Waals surface area contributed by atoms with Gasteiger partial charge in [0, 0.05) is 24.2 Å². The molecule has 3 heteroatoms. The van der Waals surface area contributed by atoms with Crippen molar-refractivity contribution in [3.8, 4) is 5.88 Å². The van der Waals surface area contributed by atoms with Crippen molar-refractivity contribution in [2.75, 3.05) is 7.11 Å². The summed E-state index contributed by atoms with van der Waals surface area (Å²) in [6.45, 7) is 2.07. The molecule has 0 aliphatic heterocycles. The molecule has 1 rings (SSSR count). The Bertz CT molecular complexity index is 263. The topological polar surface area (TPSA) is 48.1 Å². The molecule has 72 valence electrons. The van der Waals surface area contributed by atoms with Crippen LogP contribution in [0.25, 0.3) is 0 Å². The first kappa shape index (κ1) is 9.99. The zero-order chi connectivity index (χ0) is 9.68. The van der Waals surface area contributed by atoms with Crippen LogP contribution in [-0.4, -0.2) is 18.1 Å². The van der Waals surface area contributed by atoms with Gasteiger partial charge in [0.1, 0.15) is 0 Å². The minimum atomic E-state index is 0.194. The second-order valence-corrected chi connectivity index (χ2v) is 3.04. The Morgan fingerprint density at radius 3 is 2.92 bits per heavy atom. The average Bonchev–Trinajstić information content (AvgIpc) is 2.18. The summed E-state index contributed by atoms with van der Waals surface area (Å²) in [5.74, 6) is 0.654. The lowest BCUT2D eigenvalue weighted by Gasteiger charge is -2.08. The zero-order valence-electron chi connectivity index (χ0n) is 8.16. The predicted molar refractivity (Wildman–Crippen MR) is 52.8 cm³/mol. The number of hydrogen-bond acceptors (Lipinski definition) is 3. The van der Waals surface area contributed by atoms with Crippen molar-refractivity contribution in [1.82, 2.24) is 4.98 Å². The molecule has 0 fully saturated rings. The molecule has 0 aromatic carbocycles. The van der Waals surface area contributed by atoms with Gasteiger partial charge in [-0.05, 0) is 12.5 Å². The lowest BCUT2D eigenvalue weighted by atomic mass is 10.1. The molecular formula is C10H16N2O. The minimum Gasteiger partial charge on any atom is -0.481 e. The number of nitrogens with two attached hydrogens (primary N) is 1. The number of nitrogens with zero attached hydrogens (tertiary/aromatic N) is 1. The molecule has 0 saturated carbocycles. The summed E-state index contributed by atoms with van der Waals surface area (Å²) >= 11 is 0. The first-order valence-corrected chi connectivity index (χ1v) is 4.51. The Kier molecular flexibility index (Phi) is 3.71. The molecule has 13 heavy (non-hydrogen) atoms. The minimum absolute atomic E-state index is 0.194. The molecule has 0 amide bonds. The van der Waals surface area contributed by atoms with Gasteiger partial charge in [-0.2, -0.15) is 0 Å². The molecule has 0 aliphatic rings. The zero-order valence-corrected chi connectivity index (χ0v) is 8.16. The molecule has 1 heterocycles. The lowest BCUT2D eigenvalue weighted by Crippen LogP contribution is -2.21. The summed E-state index contributed by atoms with van der Waals surface area (Å²) in [6.07, 6.45) is 1.78. The monoisotopic (exact) mass is 180 g/mol. The van der Waals surface area contributed by atoms with Crippen molar-refractivity contribution in [2.45, 2.75) is 25.8 Å². The van der Waals surface area contributed by atoms with Crippen molar-refractivity contribution in [3.05, 3.63) is 23.9 Å².